The van der Waals surface area contributed by atoms with E-state index in [0.717, 1.165) is 11.1 Å². The molecule has 1 amide bonds. The van der Waals surface area contributed by atoms with Crippen LogP contribution in [0.25, 0.3) is 6.08 Å². The fourth-order valence-electron chi connectivity index (χ4n) is 2.84. The Kier molecular flexibility index (Phi) is 6.40. The number of hydrogen-bond acceptors (Lipinski definition) is 2. The second kappa shape index (κ2) is 9.16. The average molecular weight is 383 g/mol. The molecule has 0 unspecified atom stereocenters. The van der Waals surface area contributed by atoms with Crippen molar-refractivity contribution in [1.29, 1.82) is 0 Å². The van der Waals surface area contributed by atoms with E-state index in [-0.39, 0.29) is 11.3 Å². The van der Waals surface area contributed by atoms with Crippen LogP contribution in [0.5, 0.6) is 0 Å². The lowest BCUT2D eigenvalue weighted by atomic mass is 9.87. The van der Waals surface area contributed by atoms with Gasteiger partial charge in [-0.25, -0.2) is 5.43 Å². The van der Waals surface area contributed by atoms with Gasteiger partial charge in [0, 0.05) is 11.1 Å². The molecule has 0 aliphatic carbocycles. The molecule has 0 aliphatic rings. The van der Waals surface area contributed by atoms with Gasteiger partial charge in [-0.05, 0) is 34.8 Å². The number of carbonyl (C=O) groups excluding carboxylic acids is 1. The fraction of sp³-hybridized carbons (Fsp3) is 0.154. The molecule has 3 heteroatoms. The SMILES string of the molecule is CC(C)(C)c1ccc(C(=O)N/N=C(\C=C\c2ccccc2)c2ccccc2)cc1. The van der Waals surface area contributed by atoms with Gasteiger partial charge in [0.15, 0.2) is 0 Å². The molecule has 0 fully saturated rings. The van der Waals surface area contributed by atoms with Gasteiger partial charge in [-0.3, -0.25) is 4.79 Å². The van der Waals surface area contributed by atoms with Crippen LogP contribution in [0.2, 0.25) is 0 Å². The summed E-state index contributed by atoms with van der Waals surface area (Å²) in [6, 6.07) is 27.5. The maximum atomic E-state index is 12.6. The molecular formula is C26H26N2O. The topological polar surface area (TPSA) is 41.5 Å². The first-order valence-corrected chi connectivity index (χ1v) is 9.70. The molecule has 29 heavy (non-hydrogen) atoms. The summed E-state index contributed by atoms with van der Waals surface area (Å²) in [6.45, 7) is 6.45. The lowest BCUT2D eigenvalue weighted by Gasteiger charge is -2.18. The number of benzene rings is 3. The highest BCUT2D eigenvalue weighted by Gasteiger charge is 2.14. The normalized spacial score (nSPS) is 12.2. The molecule has 0 aromatic heterocycles. The number of hydrogen-bond donors (Lipinski definition) is 1. The van der Waals surface area contributed by atoms with Gasteiger partial charge in [-0.2, -0.15) is 5.10 Å². The number of hydrazone groups is 1. The average Bonchev–Trinajstić information content (AvgIpc) is 2.74. The van der Waals surface area contributed by atoms with E-state index in [4.69, 9.17) is 0 Å². The Hall–Kier alpha value is -3.46. The Morgan fingerprint density at radius 3 is 1.97 bits per heavy atom. The quantitative estimate of drug-likeness (QED) is 0.438. The van der Waals surface area contributed by atoms with Crippen molar-refractivity contribution in [1.82, 2.24) is 5.43 Å². The van der Waals surface area contributed by atoms with Crippen molar-refractivity contribution < 1.29 is 4.79 Å². The third kappa shape index (κ3) is 5.76. The van der Waals surface area contributed by atoms with Crippen molar-refractivity contribution in [2.75, 3.05) is 0 Å². The predicted molar refractivity (Wildman–Crippen MR) is 121 cm³/mol. The molecule has 3 aromatic carbocycles. The molecule has 0 saturated carbocycles. The summed E-state index contributed by atoms with van der Waals surface area (Å²) in [5, 5.41) is 4.39. The van der Waals surface area contributed by atoms with Crippen molar-refractivity contribution in [3.8, 4) is 0 Å². The Labute approximate surface area is 172 Å². The van der Waals surface area contributed by atoms with Gasteiger partial charge in [0.05, 0.1) is 5.71 Å². The van der Waals surface area contributed by atoms with Crippen molar-refractivity contribution in [2.45, 2.75) is 26.2 Å². The summed E-state index contributed by atoms with van der Waals surface area (Å²) in [6.07, 6.45) is 3.89. The van der Waals surface area contributed by atoms with Crippen molar-refractivity contribution in [3.05, 3.63) is 113 Å². The Morgan fingerprint density at radius 2 is 1.38 bits per heavy atom. The van der Waals surface area contributed by atoms with Crippen LogP contribution in [0.3, 0.4) is 0 Å². The molecule has 0 saturated heterocycles. The molecule has 0 atom stereocenters. The summed E-state index contributed by atoms with van der Waals surface area (Å²) in [5.41, 5.74) is 7.21. The summed E-state index contributed by atoms with van der Waals surface area (Å²) in [5.74, 6) is -0.230. The van der Waals surface area contributed by atoms with Crippen LogP contribution in [0.15, 0.2) is 96.1 Å². The minimum Gasteiger partial charge on any atom is -0.267 e. The molecule has 3 nitrogen and oxygen atoms in total. The molecule has 0 radical (unpaired) electrons. The minimum atomic E-state index is -0.230. The van der Waals surface area contributed by atoms with Gasteiger partial charge in [0.2, 0.25) is 0 Å². The summed E-state index contributed by atoms with van der Waals surface area (Å²) < 4.78 is 0. The van der Waals surface area contributed by atoms with E-state index in [2.05, 4.69) is 31.3 Å². The Balaban J connectivity index is 1.80. The van der Waals surface area contributed by atoms with E-state index in [0.29, 0.717) is 11.3 Å². The third-order valence-electron chi connectivity index (χ3n) is 4.59. The second-order valence-corrected chi connectivity index (χ2v) is 7.88. The molecule has 0 aliphatic heterocycles. The molecule has 1 N–H and O–H groups in total. The zero-order chi connectivity index (χ0) is 20.7. The van der Waals surface area contributed by atoms with Crippen LogP contribution in [-0.4, -0.2) is 11.6 Å². The van der Waals surface area contributed by atoms with Crippen molar-refractivity contribution in [2.24, 2.45) is 5.10 Å². The van der Waals surface area contributed by atoms with Gasteiger partial charge < -0.3 is 0 Å². The van der Waals surface area contributed by atoms with E-state index >= 15 is 0 Å². The lowest BCUT2D eigenvalue weighted by molar-refractivity contribution is 0.0955. The summed E-state index contributed by atoms with van der Waals surface area (Å²) in [4.78, 5) is 12.6. The van der Waals surface area contributed by atoms with Crippen LogP contribution < -0.4 is 5.43 Å². The Morgan fingerprint density at radius 1 is 0.793 bits per heavy atom. The highest BCUT2D eigenvalue weighted by molar-refractivity contribution is 6.11. The number of carbonyl (C=O) groups is 1. The number of allylic oxidation sites excluding steroid dienone is 1. The highest BCUT2D eigenvalue weighted by Crippen LogP contribution is 2.22. The van der Waals surface area contributed by atoms with E-state index in [1.54, 1.807) is 0 Å². The van der Waals surface area contributed by atoms with Crippen LogP contribution in [0.4, 0.5) is 0 Å². The molecular weight excluding hydrogens is 356 g/mol. The van der Waals surface area contributed by atoms with Crippen molar-refractivity contribution >= 4 is 17.7 Å². The zero-order valence-corrected chi connectivity index (χ0v) is 17.1. The fourth-order valence-corrected chi connectivity index (χ4v) is 2.84. The number of amides is 1. The standard InChI is InChI=1S/C26H26N2O/c1-26(2,3)23-17-15-22(16-18-23)25(29)28-27-24(21-12-8-5-9-13-21)19-14-20-10-6-4-7-11-20/h4-19H,1-3H3,(H,28,29)/b19-14+,27-24+. The van der Waals surface area contributed by atoms with Crippen LogP contribution in [0, 0.1) is 0 Å². The van der Waals surface area contributed by atoms with E-state index in [9.17, 15) is 4.79 Å². The molecule has 0 spiro atoms. The first-order valence-electron chi connectivity index (χ1n) is 9.70. The van der Waals surface area contributed by atoms with Gasteiger partial charge in [0.25, 0.3) is 5.91 Å². The number of nitrogens with one attached hydrogen (secondary N) is 1. The molecule has 0 bridgehead atoms. The maximum Gasteiger partial charge on any atom is 0.271 e. The first-order chi connectivity index (χ1) is 13.9. The van der Waals surface area contributed by atoms with E-state index in [1.807, 2.05) is 97.1 Å². The predicted octanol–water partition coefficient (Wildman–Crippen LogP) is 5.83. The zero-order valence-electron chi connectivity index (χ0n) is 17.1. The Bertz CT molecular complexity index is 996. The lowest BCUT2D eigenvalue weighted by Crippen LogP contribution is -2.20. The smallest absolute Gasteiger partial charge is 0.267 e. The second-order valence-electron chi connectivity index (χ2n) is 7.88. The van der Waals surface area contributed by atoms with E-state index in [1.165, 1.54) is 5.56 Å². The largest absolute Gasteiger partial charge is 0.271 e. The summed E-state index contributed by atoms with van der Waals surface area (Å²) in [7, 11) is 0. The summed E-state index contributed by atoms with van der Waals surface area (Å²) >= 11 is 0. The van der Waals surface area contributed by atoms with Crippen LogP contribution in [-0.2, 0) is 5.41 Å². The highest BCUT2D eigenvalue weighted by atomic mass is 16.2. The van der Waals surface area contributed by atoms with Gasteiger partial charge in [-0.15, -0.1) is 0 Å². The molecule has 0 heterocycles. The van der Waals surface area contributed by atoms with Crippen molar-refractivity contribution in [3.63, 3.8) is 0 Å². The molecule has 3 aromatic rings. The number of nitrogens with zero attached hydrogens (tertiary/aromatic N) is 1. The third-order valence-corrected chi connectivity index (χ3v) is 4.59. The monoisotopic (exact) mass is 382 g/mol. The van der Waals surface area contributed by atoms with Gasteiger partial charge in [-0.1, -0.05) is 99.6 Å². The minimum absolute atomic E-state index is 0.0515. The van der Waals surface area contributed by atoms with Gasteiger partial charge in [0.1, 0.15) is 0 Å². The maximum absolute atomic E-state index is 12.6. The molecule has 3 rings (SSSR count). The van der Waals surface area contributed by atoms with Gasteiger partial charge >= 0.3 is 0 Å². The number of rotatable bonds is 5. The molecule has 146 valence electrons. The van der Waals surface area contributed by atoms with E-state index < -0.39 is 0 Å². The first kappa shape index (κ1) is 20.3. The van der Waals surface area contributed by atoms with Crippen LogP contribution >= 0.6 is 0 Å². The van der Waals surface area contributed by atoms with Crippen LogP contribution in [0.1, 0.15) is 47.8 Å².